The van der Waals surface area contributed by atoms with Gasteiger partial charge in [-0.15, -0.1) is 0 Å². The quantitative estimate of drug-likeness (QED) is 0.232. The summed E-state index contributed by atoms with van der Waals surface area (Å²) in [6.45, 7) is 10.2. The van der Waals surface area contributed by atoms with E-state index in [0.29, 0.717) is 5.69 Å². The molecule has 1 rings (SSSR count). The van der Waals surface area contributed by atoms with E-state index < -0.39 is 6.09 Å². The van der Waals surface area contributed by atoms with Crippen LogP contribution in [-0.2, 0) is 20.7 Å². The van der Waals surface area contributed by atoms with Gasteiger partial charge in [-0.3, -0.25) is 10.1 Å². The lowest BCUT2D eigenvalue weighted by Crippen LogP contribution is -2.21. The molecule has 176 valence electrons. The fourth-order valence-corrected chi connectivity index (χ4v) is 3.50. The van der Waals surface area contributed by atoms with Crippen molar-refractivity contribution < 1.29 is 19.1 Å². The second-order valence-corrected chi connectivity index (χ2v) is 8.67. The van der Waals surface area contributed by atoms with Crippen LogP contribution in [0.3, 0.4) is 0 Å². The van der Waals surface area contributed by atoms with Gasteiger partial charge in [0.2, 0.25) is 0 Å². The van der Waals surface area contributed by atoms with Crippen molar-refractivity contribution in [1.29, 1.82) is 0 Å². The molecule has 0 radical (unpaired) electrons. The van der Waals surface area contributed by atoms with Gasteiger partial charge in [0.05, 0.1) is 12.5 Å². The lowest BCUT2D eigenvalue weighted by Gasteiger charge is -2.16. The molecule has 0 spiro atoms. The molecule has 31 heavy (non-hydrogen) atoms. The molecule has 2 unspecified atom stereocenters. The molecule has 0 aromatic heterocycles. The molecular formula is C26H43NO4. The number of esters is 1. The largest absolute Gasteiger partial charge is 0.462 e. The Morgan fingerprint density at radius 2 is 1.45 bits per heavy atom. The molecule has 1 N–H and O–H groups in total. The molecule has 0 heterocycles. The molecule has 1 amide bonds. The molecule has 0 fully saturated rings. The van der Waals surface area contributed by atoms with Gasteiger partial charge in [-0.05, 0) is 63.6 Å². The number of aryl methyl sites for hydroxylation is 1. The van der Waals surface area contributed by atoms with Crippen molar-refractivity contribution in [3.63, 3.8) is 0 Å². The van der Waals surface area contributed by atoms with Gasteiger partial charge in [0.15, 0.2) is 0 Å². The van der Waals surface area contributed by atoms with E-state index in [1.807, 2.05) is 39.0 Å². The summed E-state index contributed by atoms with van der Waals surface area (Å²) in [5.41, 5.74) is 2.41. The van der Waals surface area contributed by atoms with Crippen molar-refractivity contribution in [3.8, 4) is 0 Å². The number of anilines is 1. The Kier molecular flexibility index (Phi) is 13.7. The van der Waals surface area contributed by atoms with Gasteiger partial charge in [-0.1, -0.05) is 64.5 Å². The SMILES string of the molecule is CCCCCCC(C)OC(=O)Cc1ccc(C)c(NC(=O)OC(C)CCCCCC)c1. The number of rotatable bonds is 15. The van der Waals surface area contributed by atoms with E-state index in [-0.39, 0.29) is 24.6 Å². The molecule has 0 aliphatic heterocycles. The minimum Gasteiger partial charge on any atom is -0.462 e. The third-order valence-electron chi connectivity index (χ3n) is 5.46. The van der Waals surface area contributed by atoms with Crippen molar-refractivity contribution in [2.75, 3.05) is 5.32 Å². The molecule has 1 aromatic carbocycles. The van der Waals surface area contributed by atoms with Gasteiger partial charge >= 0.3 is 12.1 Å². The summed E-state index contributed by atoms with van der Waals surface area (Å²) in [7, 11) is 0. The number of unbranched alkanes of at least 4 members (excludes halogenated alkanes) is 6. The molecular weight excluding hydrogens is 390 g/mol. The molecule has 0 aliphatic carbocycles. The highest BCUT2D eigenvalue weighted by atomic mass is 16.6. The third-order valence-corrected chi connectivity index (χ3v) is 5.46. The molecule has 0 aliphatic rings. The highest BCUT2D eigenvalue weighted by Gasteiger charge is 2.14. The van der Waals surface area contributed by atoms with Gasteiger partial charge in [0.1, 0.15) is 6.10 Å². The van der Waals surface area contributed by atoms with Gasteiger partial charge in [0, 0.05) is 5.69 Å². The van der Waals surface area contributed by atoms with Crippen LogP contribution in [0.25, 0.3) is 0 Å². The number of ether oxygens (including phenoxy) is 2. The normalized spacial score (nSPS) is 12.8. The van der Waals surface area contributed by atoms with E-state index in [9.17, 15) is 9.59 Å². The lowest BCUT2D eigenvalue weighted by molar-refractivity contribution is -0.147. The van der Waals surface area contributed by atoms with Crippen molar-refractivity contribution >= 4 is 17.7 Å². The van der Waals surface area contributed by atoms with Gasteiger partial charge in [-0.2, -0.15) is 0 Å². The first-order chi connectivity index (χ1) is 14.8. The fraction of sp³-hybridized carbons (Fsp3) is 0.692. The van der Waals surface area contributed by atoms with Crippen LogP contribution in [0.15, 0.2) is 18.2 Å². The zero-order valence-electron chi connectivity index (χ0n) is 20.3. The molecule has 1 aromatic rings. The van der Waals surface area contributed by atoms with E-state index in [4.69, 9.17) is 9.47 Å². The number of carbonyl (C=O) groups is 2. The highest BCUT2D eigenvalue weighted by Crippen LogP contribution is 2.19. The minimum absolute atomic E-state index is 0.0683. The Bertz CT molecular complexity index is 659. The topological polar surface area (TPSA) is 64.6 Å². The Balaban J connectivity index is 2.49. The maximum Gasteiger partial charge on any atom is 0.411 e. The van der Waals surface area contributed by atoms with E-state index >= 15 is 0 Å². The summed E-state index contributed by atoms with van der Waals surface area (Å²) in [6, 6.07) is 5.63. The van der Waals surface area contributed by atoms with E-state index in [2.05, 4.69) is 19.2 Å². The fourth-order valence-electron chi connectivity index (χ4n) is 3.50. The van der Waals surface area contributed by atoms with Gasteiger partial charge < -0.3 is 9.47 Å². The maximum absolute atomic E-state index is 12.3. The second kappa shape index (κ2) is 15.7. The first-order valence-electron chi connectivity index (χ1n) is 12.1. The summed E-state index contributed by atoms with van der Waals surface area (Å²) in [4.78, 5) is 24.6. The smallest absolute Gasteiger partial charge is 0.411 e. The van der Waals surface area contributed by atoms with Gasteiger partial charge in [-0.25, -0.2) is 4.79 Å². The monoisotopic (exact) mass is 433 g/mol. The first-order valence-corrected chi connectivity index (χ1v) is 12.1. The summed E-state index contributed by atoms with van der Waals surface area (Å²) >= 11 is 0. The second-order valence-electron chi connectivity index (χ2n) is 8.67. The van der Waals surface area contributed by atoms with Crippen LogP contribution in [0, 0.1) is 6.92 Å². The standard InChI is InChI=1S/C26H43NO4/c1-6-8-10-12-14-21(4)30-25(28)19-23-17-16-20(3)24(18-23)27-26(29)31-22(5)15-13-11-9-7-2/h16-18,21-22H,6-15,19H2,1-5H3,(H,27,29). The predicted molar refractivity (Wildman–Crippen MR) is 128 cm³/mol. The zero-order chi connectivity index (χ0) is 23.1. The minimum atomic E-state index is -0.452. The van der Waals surface area contributed by atoms with E-state index in [0.717, 1.165) is 36.8 Å². The number of carbonyl (C=O) groups excluding carboxylic acids is 2. The highest BCUT2D eigenvalue weighted by molar-refractivity contribution is 5.86. The van der Waals surface area contributed by atoms with Crippen LogP contribution in [-0.4, -0.2) is 24.3 Å². The number of benzene rings is 1. The molecule has 5 heteroatoms. The molecule has 0 saturated heterocycles. The van der Waals surface area contributed by atoms with Crippen LogP contribution in [0.2, 0.25) is 0 Å². The Morgan fingerprint density at radius 3 is 2.03 bits per heavy atom. The van der Waals surface area contributed by atoms with Crippen molar-refractivity contribution in [2.45, 2.75) is 117 Å². The number of hydrogen-bond donors (Lipinski definition) is 1. The van der Waals surface area contributed by atoms with Crippen molar-refractivity contribution in [3.05, 3.63) is 29.3 Å². The summed E-state index contributed by atoms with van der Waals surface area (Å²) in [5, 5.41) is 2.82. The molecule has 0 saturated carbocycles. The number of nitrogens with one attached hydrogen (secondary N) is 1. The Morgan fingerprint density at radius 1 is 0.871 bits per heavy atom. The first kappa shape index (κ1) is 27.0. The van der Waals surface area contributed by atoms with Crippen molar-refractivity contribution in [2.24, 2.45) is 0 Å². The van der Waals surface area contributed by atoms with Crippen LogP contribution in [0.4, 0.5) is 10.5 Å². The van der Waals surface area contributed by atoms with E-state index in [1.54, 1.807) is 0 Å². The summed E-state index contributed by atoms with van der Waals surface area (Å²) in [6.07, 6.45) is 10.6. The number of hydrogen-bond acceptors (Lipinski definition) is 4. The van der Waals surface area contributed by atoms with Crippen LogP contribution in [0.5, 0.6) is 0 Å². The zero-order valence-corrected chi connectivity index (χ0v) is 20.3. The number of amides is 1. The van der Waals surface area contributed by atoms with Gasteiger partial charge in [0.25, 0.3) is 0 Å². The molecule has 5 nitrogen and oxygen atoms in total. The van der Waals surface area contributed by atoms with E-state index in [1.165, 1.54) is 38.5 Å². The average molecular weight is 434 g/mol. The predicted octanol–water partition coefficient (Wildman–Crippen LogP) is 7.35. The lowest BCUT2D eigenvalue weighted by atomic mass is 10.1. The van der Waals surface area contributed by atoms with Crippen LogP contribution >= 0.6 is 0 Å². The Hall–Kier alpha value is -2.04. The average Bonchev–Trinajstić information content (AvgIpc) is 2.71. The summed E-state index contributed by atoms with van der Waals surface area (Å²) in [5.74, 6) is -0.235. The summed E-state index contributed by atoms with van der Waals surface area (Å²) < 4.78 is 11.0. The Labute approximate surface area is 189 Å². The maximum atomic E-state index is 12.3. The van der Waals surface area contributed by atoms with Crippen molar-refractivity contribution in [1.82, 2.24) is 0 Å². The third kappa shape index (κ3) is 12.4. The van der Waals surface area contributed by atoms with Crippen LogP contribution < -0.4 is 5.32 Å². The molecule has 2 atom stereocenters. The molecule has 0 bridgehead atoms. The van der Waals surface area contributed by atoms with Crippen LogP contribution in [0.1, 0.15) is 103 Å².